The zero-order valence-corrected chi connectivity index (χ0v) is 13.8. The lowest BCUT2D eigenvalue weighted by Crippen LogP contribution is -2.25. The van der Waals surface area contributed by atoms with E-state index in [0.717, 1.165) is 13.7 Å². The van der Waals surface area contributed by atoms with Crippen molar-refractivity contribution in [1.82, 2.24) is 9.88 Å². The van der Waals surface area contributed by atoms with Gasteiger partial charge in [0, 0.05) is 21.6 Å². The van der Waals surface area contributed by atoms with Crippen molar-refractivity contribution in [2.75, 3.05) is 0 Å². The minimum Gasteiger partial charge on any atom is -0.346 e. The van der Waals surface area contributed by atoms with Gasteiger partial charge in [0.2, 0.25) is 0 Å². The molecule has 0 atom stereocenters. The minimum absolute atomic E-state index is 0.0797. The van der Waals surface area contributed by atoms with Gasteiger partial charge in [-0.3, -0.25) is 4.79 Å². The van der Waals surface area contributed by atoms with Gasteiger partial charge in [-0.25, -0.2) is 0 Å². The molecule has 1 amide bonds. The van der Waals surface area contributed by atoms with Crippen LogP contribution in [0.5, 0.6) is 0 Å². The second kappa shape index (κ2) is 6.11. The van der Waals surface area contributed by atoms with E-state index < -0.39 is 0 Å². The van der Waals surface area contributed by atoms with E-state index in [9.17, 15) is 4.79 Å². The number of hydrogen-bond donors (Lipinski definition) is 1. The van der Waals surface area contributed by atoms with Crippen LogP contribution in [0.4, 0.5) is 0 Å². The molecule has 0 aliphatic heterocycles. The van der Waals surface area contributed by atoms with E-state index in [1.165, 1.54) is 11.3 Å². The van der Waals surface area contributed by atoms with Gasteiger partial charge in [0.25, 0.3) is 5.91 Å². The summed E-state index contributed by atoms with van der Waals surface area (Å²) in [5.74, 6) is -0.0797. The predicted octanol–water partition coefficient (Wildman–Crippen LogP) is 4.48. The summed E-state index contributed by atoms with van der Waals surface area (Å²) < 4.78 is 3.59. The molecule has 0 bridgehead atoms. The van der Waals surface area contributed by atoms with Gasteiger partial charge in [0.1, 0.15) is 5.69 Å². The number of rotatable bonds is 4. The standard InChI is InChI=1S/C13H14BrClN2OS/c1-8(2)17-7-9(14)5-11(17)13(18)16-6-10-3-4-12(15)19-10/h3-5,7-8H,6H2,1-2H3,(H,16,18). The van der Waals surface area contributed by atoms with Crippen LogP contribution >= 0.6 is 38.9 Å². The Labute approximate surface area is 129 Å². The summed E-state index contributed by atoms with van der Waals surface area (Å²) in [5, 5.41) is 2.91. The van der Waals surface area contributed by atoms with Crippen molar-refractivity contribution in [3.63, 3.8) is 0 Å². The molecule has 0 fully saturated rings. The maximum absolute atomic E-state index is 12.2. The Bertz CT molecular complexity index is 591. The molecular formula is C13H14BrClN2OS. The number of carbonyl (C=O) groups excluding carboxylic acids is 1. The zero-order chi connectivity index (χ0) is 14.0. The first-order valence-corrected chi connectivity index (χ1v) is 7.86. The normalized spacial score (nSPS) is 11.0. The van der Waals surface area contributed by atoms with Crippen LogP contribution < -0.4 is 5.32 Å². The second-order valence-corrected chi connectivity index (χ2v) is 7.15. The lowest BCUT2D eigenvalue weighted by molar-refractivity contribution is 0.0940. The summed E-state index contributed by atoms with van der Waals surface area (Å²) in [6, 6.07) is 5.82. The first kappa shape index (κ1) is 14.6. The van der Waals surface area contributed by atoms with Gasteiger partial charge < -0.3 is 9.88 Å². The Hall–Kier alpha value is -0.780. The summed E-state index contributed by atoms with van der Waals surface area (Å²) in [6.07, 6.45) is 1.92. The van der Waals surface area contributed by atoms with E-state index in [4.69, 9.17) is 11.6 Å². The van der Waals surface area contributed by atoms with E-state index in [2.05, 4.69) is 21.2 Å². The molecule has 0 unspecified atom stereocenters. The van der Waals surface area contributed by atoms with E-state index in [-0.39, 0.29) is 11.9 Å². The van der Waals surface area contributed by atoms with Crippen molar-refractivity contribution in [2.24, 2.45) is 0 Å². The molecule has 0 aliphatic rings. The molecule has 2 aromatic heterocycles. The highest BCUT2D eigenvalue weighted by Crippen LogP contribution is 2.22. The molecule has 0 saturated carbocycles. The summed E-state index contributed by atoms with van der Waals surface area (Å²) in [6.45, 7) is 4.58. The summed E-state index contributed by atoms with van der Waals surface area (Å²) in [7, 11) is 0. The SMILES string of the molecule is CC(C)n1cc(Br)cc1C(=O)NCc1ccc(Cl)s1. The number of carbonyl (C=O) groups is 1. The molecule has 3 nitrogen and oxygen atoms in total. The quantitative estimate of drug-likeness (QED) is 0.856. The number of nitrogens with zero attached hydrogens (tertiary/aromatic N) is 1. The molecule has 2 rings (SSSR count). The highest BCUT2D eigenvalue weighted by atomic mass is 79.9. The first-order valence-electron chi connectivity index (χ1n) is 5.87. The Morgan fingerprint density at radius 2 is 2.26 bits per heavy atom. The summed E-state index contributed by atoms with van der Waals surface area (Å²) in [4.78, 5) is 13.2. The molecule has 1 N–H and O–H groups in total. The van der Waals surface area contributed by atoms with Crippen molar-refractivity contribution >= 4 is 44.8 Å². The molecule has 19 heavy (non-hydrogen) atoms. The molecule has 6 heteroatoms. The molecule has 0 aliphatic carbocycles. The zero-order valence-electron chi connectivity index (χ0n) is 10.6. The second-order valence-electron chi connectivity index (χ2n) is 4.43. The van der Waals surface area contributed by atoms with Crippen LogP contribution in [-0.2, 0) is 6.54 Å². The maximum atomic E-state index is 12.2. The first-order chi connectivity index (χ1) is 8.97. The summed E-state index contributed by atoms with van der Waals surface area (Å²) in [5.41, 5.74) is 0.657. The smallest absolute Gasteiger partial charge is 0.268 e. The van der Waals surface area contributed by atoms with Crippen molar-refractivity contribution in [1.29, 1.82) is 0 Å². The topological polar surface area (TPSA) is 34.0 Å². The van der Waals surface area contributed by atoms with Gasteiger partial charge in [-0.05, 0) is 48.0 Å². The highest BCUT2D eigenvalue weighted by molar-refractivity contribution is 9.10. The fourth-order valence-electron chi connectivity index (χ4n) is 1.76. The van der Waals surface area contributed by atoms with Crippen molar-refractivity contribution in [2.45, 2.75) is 26.4 Å². The third-order valence-corrected chi connectivity index (χ3v) is 4.32. The average molecular weight is 362 g/mol. The average Bonchev–Trinajstić information content (AvgIpc) is 2.92. The molecule has 0 spiro atoms. The Balaban J connectivity index is 2.07. The van der Waals surface area contributed by atoms with Crippen LogP contribution in [0.15, 0.2) is 28.9 Å². The fourth-order valence-corrected chi connectivity index (χ4v) is 3.22. The van der Waals surface area contributed by atoms with E-state index >= 15 is 0 Å². The minimum atomic E-state index is -0.0797. The van der Waals surface area contributed by atoms with Crippen molar-refractivity contribution in [3.8, 4) is 0 Å². The van der Waals surface area contributed by atoms with Gasteiger partial charge in [-0.1, -0.05) is 11.6 Å². The van der Waals surface area contributed by atoms with Crippen LogP contribution in [0, 0.1) is 0 Å². The van der Waals surface area contributed by atoms with Crippen LogP contribution in [0.2, 0.25) is 4.34 Å². The van der Waals surface area contributed by atoms with E-state index in [1.807, 2.05) is 42.8 Å². The number of hydrogen-bond acceptors (Lipinski definition) is 2. The van der Waals surface area contributed by atoms with Crippen LogP contribution in [-0.4, -0.2) is 10.5 Å². The predicted molar refractivity (Wildman–Crippen MR) is 83.0 cm³/mol. The van der Waals surface area contributed by atoms with Gasteiger partial charge in [-0.2, -0.15) is 0 Å². The molecule has 2 heterocycles. The van der Waals surface area contributed by atoms with Crippen LogP contribution in [0.3, 0.4) is 0 Å². The van der Waals surface area contributed by atoms with Crippen LogP contribution in [0.25, 0.3) is 0 Å². The number of nitrogens with one attached hydrogen (secondary N) is 1. The fraction of sp³-hybridized carbons (Fsp3) is 0.308. The van der Waals surface area contributed by atoms with E-state index in [0.29, 0.717) is 12.2 Å². The van der Waals surface area contributed by atoms with Crippen molar-refractivity contribution in [3.05, 3.63) is 43.8 Å². The lowest BCUT2D eigenvalue weighted by atomic mass is 10.3. The monoisotopic (exact) mass is 360 g/mol. The Morgan fingerprint density at radius 1 is 1.53 bits per heavy atom. The number of halogens is 2. The molecule has 0 saturated heterocycles. The van der Waals surface area contributed by atoms with Crippen molar-refractivity contribution < 1.29 is 4.79 Å². The molecule has 102 valence electrons. The summed E-state index contributed by atoms with van der Waals surface area (Å²) >= 11 is 10.7. The molecule has 2 aromatic rings. The number of thiophene rings is 1. The van der Waals surface area contributed by atoms with E-state index in [1.54, 1.807) is 0 Å². The van der Waals surface area contributed by atoms with Gasteiger partial charge in [0.15, 0.2) is 0 Å². The Kier molecular flexibility index (Phi) is 4.71. The largest absolute Gasteiger partial charge is 0.346 e. The third-order valence-electron chi connectivity index (χ3n) is 2.66. The highest BCUT2D eigenvalue weighted by Gasteiger charge is 2.14. The van der Waals surface area contributed by atoms with Gasteiger partial charge in [-0.15, -0.1) is 11.3 Å². The van der Waals surface area contributed by atoms with Gasteiger partial charge in [0.05, 0.1) is 10.9 Å². The molecule has 0 aromatic carbocycles. The third kappa shape index (κ3) is 3.61. The molecular weight excluding hydrogens is 348 g/mol. The Morgan fingerprint density at radius 3 is 2.84 bits per heavy atom. The number of aromatic nitrogens is 1. The van der Waals surface area contributed by atoms with Gasteiger partial charge >= 0.3 is 0 Å². The number of amides is 1. The molecule has 0 radical (unpaired) electrons. The van der Waals surface area contributed by atoms with Crippen LogP contribution in [0.1, 0.15) is 35.3 Å². The lowest BCUT2D eigenvalue weighted by Gasteiger charge is -2.12. The maximum Gasteiger partial charge on any atom is 0.268 e.